The Morgan fingerprint density at radius 3 is 2.24 bits per heavy atom. The number of halogens is 2. The molecule has 0 aliphatic carbocycles. The third kappa shape index (κ3) is 2.77. The first-order valence-electron chi connectivity index (χ1n) is 4.26. The summed E-state index contributed by atoms with van der Waals surface area (Å²) < 4.78 is 55.5. The molecule has 0 spiro atoms. The zero-order valence-corrected chi connectivity index (χ0v) is 9.41. The van der Waals surface area contributed by atoms with E-state index in [1.807, 2.05) is 0 Å². The summed E-state index contributed by atoms with van der Waals surface area (Å²) in [4.78, 5) is 11.0. The maximum atomic E-state index is 13.1. The first-order chi connectivity index (χ1) is 7.81. The highest BCUT2D eigenvalue weighted by Gasteiger charge is 2.55. The van der Waals surface area contributed by atoms with E-state index in [0.717, 1.165) is 0 Å². The molecule has 8 heteroatoms. The van der Waals surface area contributed by atoms with Crippen molar-refractivity contribution in [3.05, 3.63) is 30.3 Å². The first-order valence-corrected chi connectivity index (χ1v) is 5.67. The lowest BCUT2D eigenvalue weighted by Gasteiger charge is -2.13. The summed E-state index contributed by atoms with van der Waals surface area (Å²) in [6.45, 7) is 0. The molecule has 1 rings (SSSR count). The molecule has 0 aromatic heterocycles. The van der Waals surface area contributed by atoms with E-state index in [9.17, 15) is 22.0 Å². The van der Waals surface area contributed by atoms with Crippen molar-refractivity contribution in [3.8, 4) is 5.75 Å². The van der Waals surface area contributed by atoms with Gasteiger partial charge in [-0.05, 0) is 12.1 Å². The summed E-state index contributed by atoms with van der Waals surface area (Å²) in [6, 6.07) is 6.90. The lowest BCUT2D eigenvalue weighted by molar-refractivity contribution is -0.151. The van der Waals surface area contributed by atoms with Crippen LogP contribution in [0.2, 0.25) is 0 Å². The normalized spacial score (nSPS) is 12.2. The maximum absolute atomic E-state index is 13.1. The third-order valence-corrected chi connectivity index (χ3v) is 2.96. The van der Waals surface area contributed by atoms with Crippen LogP contribution in [0.25, 0.3) is 0 Å². The molecule has 1 aromatic rings. The average Bonchev–Trinajstić information content (AvgIpc) is 2.30. The number of carbonyl (C=O) groups excluding carboxylic acids is 1. The number of rotatable bonds is 4. The van der Waals surface area contributed by atoms with E-state index in [-0.39, 0.29) is 5.75 Å². The highest BCUT2D eigenvalue weighted by Crippen LogP contribution is 2.25. The number of hydrogen-bond acceptors (Lipinski definition) is 5. The topological polar surface area (TPSA) is 69.7 Å². The molecular weight excluding hydrogens is 258 g/mol. The minimum atomic E-state index is -5.32. The zero-order chi connectivity index (χ0) is 13.1. The molecule has 0 aliphatic rings. The van der Waals surface area contributed by atoms with Gasteiger partial charge >= 0.3 is 21.3 Å². The highest BCUT2D eigenvalue weighted by molar-refractivity contribution is 7.88. The fraction of sp³-hybridized carbons (Fsp3) is 0.222. The Kier molecular flexibility index (Phi) is 3.79. The smallest absolute Gasteiger partial charge is 0.421 e. The minimum absolute atomic E-state index is 0.191. The van der Waals surface area contributed by atoms with Crippen LogP contribution in [0.15, 0.2) is 30.3 Å². The van der Waals surface area contributed by atoms with Gasteiger partial charge in [-0.2, -0.15) is 17.2 Å². The molecule has 1 aromatic carbocycles. The van der Waals surface area contributed by atoms with Gasteiger partial charge < -0.3 is 4.74 Å². The molecule has 0 heterocycles. The van der Waals surface area contributed by atoms with Crippen LogP contribution in [0.1, 0.15) is 0 Å². The van der Waals surface area contributed by atoms with Crippen molar-refractivity contribution >= 4 is 16.1 Å². The lowest BCUT2D eigenvalue weighted by atomic mass is 10.3. The summed E-state index contributed by atoms with van der Waals surface area (Å²) in [5, 5.41) is -4.75. The molecule has 0 N–H and O–H groups in total. The molecule has 0 aliphatic heterocycles. The second-order valence-corrected chi connectivity index (χ2v) is 4.59. The molecule has 94 valence electrons. The van der Waals surface area contributed by atoms with Gasteiger partial charge in [-0.25, -0.2) is 4.79 Å². The summed E-state index contributed by atoms with van der Waals surface area (Å²) in [6.07, 6.45) is 0. The Morgan fingerprint density at radius 2 is 1.76 bits per heavy atom. The van der Waals surface area contributed by atoms with Crippen molar-refractivity contribution in [3.63, 3.8) is 0 Å². The van der Waals surface area contributed by atoms with Gasteiger partial charge in [0.15, 0.2) is 0 Å². The van der Waals surface area contributed by atoms with Crippen LogP contribution in [0.4, 0.5) is 8.78 Å². The van der Waals surface area contributed by atoms with Crippen LogP contribution >= 0.6 is 0 Å². The molecule has 0 unspecified atom stereocenters. The van der Waals surface area contributed by atoms with Gasteiger partial charge in [0.2, 0.25) is 0 Å². The number of alkyl halides is 2. The Morgan fingerprint density at radius 1 is 1.24 bits per heavy atom. The Labute approximate surface area is 96.1 Å². The van der Waals surface area contributed by atoms with Gasteiger partial charge in [0.05, 0.1) is 7.11 Å². The molecular formula is C9H8F2O5S. The van der Waals surface area contributed by atoms with Crippen molar-refractivity contribution in [1.29, 1.82) is 0 Å². The van der Waals surface area contributed by atoms with Crippen molar-refractivity contribution < 1.29 is 30.9 Å². The van der Waals surface area contributed by atoms with E-state index in [0.29, 0.717) is 7.11 Å². The first kappa shape index (κ1) is 13.5. The van der Waals surface area contributed by atoms with Crippen LogP contribution in [-0.4, -0.2) is 26.8 Å². The largest absolute Gasteiger partial charge is 0.466 e. The SMILES string of the molecule is COS(=O)(=O)C(F)(F)C(=O)Oc1ccccc1. The van der Waals surface area contributed by atoms with Crippen LogP contribution in [0, 0.1) is 0 Å². The van der Waals surface area contributed by atoms with Gasteiger partial charge in [0.25, 0.3) is 0 Å². The Hall–Kier alpha value is -1.54. The molecule has 0 bridgehead atoms. The summed E-state index contributed by atoms with van der Waals surface area (Å²) >= 11 is 0. The van der Waals surface area contributed by atoms with E-state index in [1.54, 1.807) is 6.07 Å². The predicted molar refractivity (Wildman–Crippen MR) is 53.0 cm³/mol. The van der Waals surface area contributed by atoms with Crippen molar-refractivity contribution in [2.75, 3.05) is 7.11 Å². The molecule has 0 fully saturated rings. The van der Waals surface area contributed by atoms with Crippen molar-refractivity contribution in [2.45, 2.75) is 5.25 Å². The summed E-state index contributed by atoms with van der Waals surface area (Å²) in [7, 11) is -4.80. The fourth-order valence-corrected chi connectivity index (χ4v) is 1.32. The molecule has 0 saturated heterocycles. The quantitative estimate of drug-likeness (QED) is 0.464. The molecule has 0 radical (unpaired) electrons. The molecule has 0 saturated carbocycles. The molecule has 5 nitrogen and oxygen atoms in total. The van der Waals surface area contributed by atoms with Crippen molar-refractivity contribution in [1.82, 2.24) is 0 Å². The summed E-state index contributed by atoms with van der Waals surface area (Å²) in [5.74, 6) is -2.41. The maximum Gasteiger partial charge on any atom is 0.466 e. The van der Waals surface area contributed by atoms with Gasteiger partial charge in [-0.1, -0.05) is 18.2 Å². The number of para-hydroxylation sites is 1. The van der Waals surface area contributed by atoms with Gasteiger partial charge in [-0.3, -0.25) is 4.18 Å². The molecule has 17 heavy (non-hydrogen) atoms. The number of esters is 1. The predicted octanol–water partition coefficient (Wildman–Crippen LogP) is 1.16. The zero-order valence-electron chi connectivity index (χ0n) is 8.59. The molecule has 0 amide bonds. The van der Waals surface area contributed by atoms with E-state index in [1.165, 1.54) is 24.3 Å². The van der Waals surface area contributed by atoms with E-state index in [2.05, 4.69) is 8.92 Å². The van der Waals surface area contributed by atoms with E-state index < -0.39 is 21.3 Å². The van der Waals surface area contributed by atoms with Crippen LogP contribution in [0.5, 0.6) is 5.75 Å². The number of carbonyl (C=O) groups is 1. The third-order valence-electron chi connectivity index (χ3n) is 1.72. The van der Waals surface area contributed by atoms with Crippen LogP contribution < -0.4 is 4.74 Å². The fourth-order valence-electron chi connectivity index (χ4n) is 0.862. The van der Waals surface area contributed by atoms with Crippen LogP contribution in [-0.2, 0) is 19.1 Å². The Bertz CT molecular complexity index is 497. The standard InChI is InChI=1S/C9H8F2O5S/c1-15-17(13,14)9(10,11)8(12)16-7-5-3-2-4-6-7/h2-6H,1H3. The number of ether oxygens (including phenoxy) is 1. The van der Waals surface area contributed by atoms with Gasteiger partial charge in [-0.15, -0.1) is 0 Å². The highest BCUT2D eigenvalue weighted by atomic mass is 32.2. The van der Waals surface area contributed by atoms with Crippen LogP contribution in [0.3, 0.4) is 0 Å². The van der Waals surface area contributed by atoms with Gasteiger partial charge in [0.1, 0.15) is 5.75 Å². The number of benzene rings is 1. The Balaban J connectivity index is 2.92. The van der Waals surface area contributed by atoms with Crippen molar-refractivity contribution in [2.24, 2.45) is 0 Å². The molecule has 0 atom stereocenters. The average molecular weight is 266 g/mol. The number of hydrogen-bond donors (Lipinski definition) is 0. The lowest BCUT2D eigenvalue weighted by Crippen LogP contribution is -2.41. The summed E-state index contributed by atoms with van der Waals surface area (Å²) in [5.41, 5.74) is 0. The van der Waals surface area contributed by atoms with Gasteiger partial charge in [0, 0.05) is 0 Å². The monoisotopic (exact) mass is 266 g/mol. The minimum Gasteiger partial charge on any atom is -0.421 e. The second-order valence-electron chi connectivity index (χ2n) is 2.84. The van der Waals surface area contributed by atoms with E-state index >= 15 is 0 Å². The second kappa shape index (κ2) is 4.76. The van der Waals surface area contributed by atoms with E-state index in [4.69, 9.17) is 0 Å².